The fourth-order valence-corrected chi connectivity index (χ4v) is 3.16. The highest BCUT2D eigenvalue weighted by Crippen LogP contribution is 2.34. The van der Waals surface area contributed by atoms with Crippen molar-refractivity contribution in [1.82, 2.24) is 0 Å². The second-order valence-corrected chi connectivity index (χ2v) is 6.29. The van der Waals surface area contributed by atoms with E-state index in [4.69, 9.17) is 21.4 Å². The number of halogens is 2. The van der Waals surface area contributed by atoms with Gasteiger partial charge < -0.3 is 15.2 Å². The number of anilines is 1. The SMILES string of the molecule is COc1c(Cl)cc(C=C(C#N)C(=O)Nc2cccc(C(=O)O)c2)cc1Br. The number of ether oxygens (including phenoxy) is 1. The van der Waals surface area contributed by atoms with Gasteiger partial charge in [-0.15, -0.1) is 0 Å². The van der Waals surface area contributed by atoms with Gasteiger partial charge in [-0.2, -0.15) is 5.26 Å². The maximum absolute atomic E-state index is 12.3. The molecule has 2 aromatic carbocycles. The number of aromatic carboxylic acids is 1. The van der Waals surface area contributed by atoms with Crippen LogP contribution >= 0.6 is 27.5 Å². The van der Waals surface area contributed by atoms with Crippen LogP contribution in [-0.2, 0) is 4.79 Å². The first-order valence-corrected chi connectivity index (χ1v) is 8.32. The average Bonchev–Trinajstić information content (AvgIpc) is 2.59. The van der Waals surface area contributed by atoms with Crippen LogP contribution < -0.4 is 10.1 Å². The molecule has 0 aromatic heterocycles. The molecule has 0 radical (unpaired) electrons. The van der Waals surface area contributed by atoms with Crippen molar-refractivity contribution in [2.45, 2.75) is 0 Å². The van der Waals surface area contributed by atoms with Crippen LogP contribution in [0.3, 0.4) is 0 Å². The van der Waals surface area contributed by atoms with Gasteiger partial charge in [0, 0.05) is 5.69 Å². The van der Waals surface area contributed by atoms with Crippen LogP contribution in [0.4, 0.5) is 5.69 Å². The topological polar surface area (TPSA) is 99.4 Å². The van der Waals surface area contributed by atoms with Crippen molar-refractivity contribution in [3.63, 3.8) is 0 Å². The summed E-state index contributed by atoms with van der Waals surface area (Å²) in [6.45, 7) is 0. The average molecular weight is 436 g/mol. The first-order chi connectivity index (χ1) is 12.3. The first kappa shape index (κ1) is 19.5. The molecule has 8 heteroatoms. The van der Waals surface area contributed by atoms with Crippen molar-refractivity contribution in [1.29, 1.82) is 5.26 Å². The Hall–Kier alpha value is -2.82. The van der Waals surface area contributed by atoms with E-state index in [2.05, 4.69) is 21.2 Å². The van der Waals surface area contributed by atoms with Gasteiger partial charge in [-0.25, -0.2) is 4.79 Å². The number of carbonyl (C=O) groups is 2. The summed E-state index contributed by atoms with van der Waals surface area (Å²) in [5.41, 5.74) is 0.647. The molecule has 2 aromatic rings. The van der Waals surface area contributed by atoms with Crippen LogP contribution in [0.1, 0.15) is 15.9 Å². The predicted molar refractivity (Wildman–Crippen MR) is 101 cm³/mol. The minimum absolute atomic E-state index is 0.0242. The summed E-state index contributed by atoms with van der Waals surface area (Å²) in [5.74, 6) is -1.34. The van der Waals surface area contributed by atoms with Crippen molar-refractivity contribution < 1.29 is 19.4 Å². The predicted octanol–water partition coefficient (Wildman–Crippen LogP) is 4.35. The lowest BCUT2D eigenvalue weighted by atomic mass is 10.1. The lowest BCUT2D eigenvalue weighted by Crippen LogP contribution is -2.14. The fourth-order valence-electron chi connectivity index (χ4n) is 2.10. The van der Waals surface area contributed by atoms with Crippen molar-refractivity contribution in [3.8, 4) is 11.8 Å². The van der Waals surface area contributed by atoms with E-state index in [0.29, 0.717) is 20.8 Å². The first-order valence-electron chi connectivity index (χ1n) is 7.15. The summed E-state index contributed by atoms with van der Waals surface area (Å²) in [4.78, 5) is 23.3. The van der Waals surface area contributed by atoms with Crippen molar-refractivity contribution >= 4 is 51.2 Å². The quantitative estimate of drug-likeness (QED) is 0.537. The van der Waals surface area contributed by atoms with Crippen LogP contribution in [0.25, 0.3) is 6.08 Å². The van der Waals surface area contributed by atoms with E-state index < -0.39 is 11.9 Å². The molecule has 26 heavy (non-hydrogen) atoms. The van der Waals surface area contributed by atoms with Crippen molar-refractivity contribution in [3.05, 3.63) is 62.6 Å². The molecule has 0 bridgehead atoms. The highest BCUT2D eigenvalue weighted by molar-refractivity contribution is 9.10. The number of carbonyl (C=O) groups excluding carboxylic acids is 1. The van der Waals surface area contributed by atoms with E-state index in [0.717, 1.165) is 0 Å². The maximum Gasteiger partial charge on any atom is 0.335 e. The van der Waals surface area contributed by atoms with Gasteiger partial charge in [0.2, 0.25) is 0 Å². The molecule has 2 N–H and O–H groups in total. The molecule has 0 saturated heterocycles. The maximum atomic E-state index is 12.3. The molecule has 0 spiro atoms. The fraction of sp³-hybridized carbons (Fsp3) is 0.0556. The number of nitrogens with one attached hydrogen (secondary N) is 1. The number of benzene rings is 2. The normalized spacial score (nSPS) is 10.8. The molecular weight excluding hydrogens is 424 g/mol. The third-order valence-electron chi connectivity index (χ3n) is 3.27. The number of carboxylic acid groups (broad SMARTS) is 1. The van der Waals surface area contributed by atoms with Gasteiger partial charge in [0.05, 0.1) is 22.2 Å². The van der Waals surface area contributed by atoms with E-state index >= 15 is 0 Å². The lowest BCUT2D eigenvalue weighted by molar-refractivity contribution is -0.112. The Balaban J connectivity index is 2.29. The minimum atomic E-state index is -1.12. The Labute approximate surface area is 162 Å². The summed E-state index contributed by atoms with van der Waals surface area (Å²) < 4.78 is 5.70. The van der Waals surface area contributed by atoms with Gasteiger partial charge in [0.15, 0.2) is 5.75 Å². The molecule has 0 fully saturated rings. The Bertz CT molecular complexity index is 927. The van der Waals surface area contributed by atoms with E-state index in [-0.39, 0.29) is 16.8 Å². The van der Waals surface area contributed by atoms with E-state index in [9.17, 15) is 14.9 Å². The Morgan fingerprint density at radius 2 is 2.08 bits per heavy atom. The van der Waals surface area contributed by atoms with Crippen molar-refractivity contribution in [2.24, 2.45) is 0 Å². The molecule has 0 aliphatic heterocycles. The largest absolute Gasteiger partial charge is 0.494 e. The second-order valence-electron chi connectivity index (χ2n) is 5.03. The zero-order valence-corrected chi connectivity index (χ0v) is 15.8. The van der Waals surface area contributed by atoms with Crippen LogP contribution in [0.2, 0.25) is 5.02 Å². The third kappa shape index (κ3) is 4.63. The van der Waals surface area contributed by atoms with Gasteiger partial charge >= 0.3 is 5.97 Å². The molecule has 0 atom stereocenters. The number of amides is 1. The zero-order valence-electron chi connectivity index (χ0n) is 13.4. The molecule has 6 nitrogen and oxygen atoms in total. The third-order valence-corrected chi connectivity index (χ3v) is 4.14. The molecule has 0 aliphatic carbocycles. The summed E-state index contributed by atoms with van der Waals surface area (Å²) in [6.07, 6.45) is 1.37. The molecule has 132 valence electrons. The minimum Gasteiger partial charge on any atom is -0.494 e. The van der Waals surface area contributed by atoms with Gasteiger partial charge in [-0.05, 0) is 57.9 Å². The summed E-state index contributed by atoms with van der Waals surface area (Å²) in [6, 6.07) is 10.8. The summed E-state index contributed by atoms with van der Waals surface area (Å²) in [7, 11) is 1.47. The highest BCUT2D eigenvalue weighted by atomic mass is 79.9. The van der Waals surface area contributed by atoms with Gasteiger partial charge in [-0.1, -0.05) is 17.7 Å². The number of hydrogen-bond acceptors (Lipinski definition) is 4. The second kappa shape index (κ2) is 8.52. The van der Waals surface area contributed by atoms with Crippen molar-refractivity contribution in [2.75, 3.05) is 12.4 Å². The summed E-state index contributed by atoms with van der Waals surface area (Å²) in [5, 5.41) is 21.1. The Kier molecular flexibility index (Phi) is 6.39. The summed E-state index contributed by atoms with van der Waals surface area (Å²) >= 11 is 9.40. The number of rotatable bonds is 5. The Morgan fingerprint density at radius 1 is 1.35 bits per heavy atom. The molecule has 0 saturated carbocycles. The van der Waals surface area contributed by atoms with Crippen LogP contribution in [0.15, 0.2) is 46.4 Å². The number of nitrogens with zero attached hydrogens (tertiary/aromatic N) is 1. The van der Waals surface area contributed by atoms with Crippen LogP contribution in [-0.4, -0.2) is 24.1 Å². The van der Waals surface area contributed by atoms with Crippen LogP contribution in [0, 0.1) is 11.3 Å². The highest BCUT2D eigenvalue weighted by Gasteiger charge is 2.13. The molecule has 1 amide bonds. The standard InChI is InChI=1S/C18H12BrClN2O4/c1-26-16-14(19)6-10(7-15(16)20)5-12(9-21)17(23)22-13-4-2-3-11(8-13)18(24)25/h2-8H,1H3,(H,22,23)(H,24,25). The lowest BCUT2D eigenvalue weighted by Gasteiger charge is -2.08. The number of methoxy groups -OCH3 is 1. The monoisotopic (exact) mass is 434 g/mol. The number of nitriles is 1. The van der Waals surface area contributed by atoms with Gasteiger partial charge in [-0.3, -0.25) is 4.79 Å². The molecule has 2 rings (SSSR count). The Morgan fingerprint density at radius 3 is 2.65 bits per heavy atom. The van der Waals surface area contributed by atoms with Crippen LogP contribution in [0.5, 0.6) is 5.75 Å². The van der Waals surface area contributed by atoms with E-state index in [1.165, 1.54) is 37.5 Å². The van der Waals surface area contributed by atoms with Gasteiger partial charge in [0.25, 0.3) is 5.91 Å². The van der Waals surface area contributed by atoms with E-state index in [1.54, 1.807) is 12.1 Å². The van der Waals surface area contributed by atoms with Gasteiger partial charge in [0.1, 0.15) is 11.6 Å². The number of hydrogen-bond donors (Lipinski definition) is 2. The smallest absolute Gasteiger partial charge is 0.335 e. The number of carboxylic acids is 1. The molecule has 0 unspecified atom stereocenters. The van der Waals surface area contributed by atoms with E-state index in [1.807, 2.05) is 6.07 Å². The zero-order chi connectivity index (χ0) is 19.3. The molecule has 0 aliphatic rings. The molecule has 0 heterocycles. The molecular formula is C18H12BrClN2O4.